The topological polar surface area (TPSA) is 117 Å². The molecule has 1 fully saturated rings. The average Bonchev–Trinajstić information content (AvgIpc) is 3.51. The summed E-state index contributed by atoms with van der Waals surface area (Å²) >= 11 is 0. The van der Waals surface area contributed by atoms with E-state index >= 15 is 0 Å². The summed E-state index contributed by atoms with van der Waals surface area (Å²) < 4.78 is 22.0. The lowest BCUT2D eigenvalue weighted by molar-refractivity contribution is -0.141. The van der Waals surface area contributed by atoms with Crippen LogP contribution < -0.4 is 14.8 Å². The van der Waals surface area contributed by atoms with E-state index in [0.29, 0.717) is 22.6 Å². The van der Waals surface area contributed by atoms with E-state index in [9.17, 15) is 19.2 Å². The molecule has 1 N–H and O–H groups in total. The second kappa shape index (κ2) is 8.62. The maximum absolute atomic E-state index is 13.1. The van der Waals surface area contributed by atoms with Crippen LogP contribution in [0.3, 0.4) is 0 Å². The molecule has 0 amide bonds. The highest BCUT2D eigenvalue weighted by molar-refractivity contribution is 6.47. The molecule has 0 spiro atoms. The van der Waals surface area contributed by atoms with Gasteiger partial charge in [0.1, 0.15) is 0 Å². The fourth-order valence-corrected chi connectivity index (χ4v) is 5.66. The molecule has 0 unspecified atom stereocenters. The molecule has 0 radical (unpaired) electrons. The quantitative estimate of drug-likeness (QED) is 0.285. The number of cyclic esters (lactones) is 1. The number of carbonyl (C=O) groups is 4. The van der Waals surface area contributed by atoms with E-state index in [4.69, 9.17) is 18.9 Å². The summed E-state index contributed by atoms with van der Waals surface area (Å²) in [7, 11) is 1.33. The van der Waals surface area contributed by atoms with Crippen molar-refractivity contribution < 1.29 is 38.1 Å². The van der Waals surface area contributed by atoms with Gasteiger partial charge in [0.15, 0.2) is 23.0 Å². The van der Waals surface area contributed by atoms with Crippen molar-refractivity contribution in [2.24, 2.45) is 11.8 Å². The number of benzene rings is 2. The number of Topliss-reactive ketones (excluding diaryl/α,β-unsaturated/α-hetero) is 2. The summed E-state index contributed by atoms with van der Waals surface area (Å²) in [6.07, 6.45) is 2.81. The first-order valence-electron chi connectivity index (χ1n) is 11.9. The van der Waals surface area contributed by atoms with Crippen molar-refractivity contribution in [1.29, 1.82) is 0 Å². The molecule has 4 aliphatic rings. The maximum Gasteiger partial charge on any atom is 0.310 e. The summed E-state index contributed by atoms with van der Waals surface area (Å²) in [5.74, 6) is -2.27. The number of carbonyl (C=O) groups excluding carboxylic acids is 4. The van der Waals surface area contributed by atoms with Crippen molar-refractivity contribution in [3.63, 3.8) is 0 Å². The lowest BCUT2D eigenvalue weighted by Gasteiger charge is -2.40. The SMILES string of the molecule is COC1=CC([C@@H]2c3cc4c(cc3[C@@H](Nc3ccc(C(C)=O)cc3)[C@H]3COC(=O)[C@@H]32)OCO4)=CC(=O)C1=O. The summed E-state index contributed by atoms with van der Waals surface area (Å²) in [5.41, 5.74) is 3.50. The average molecular weight is 501 g/mol. The van der Waals surface area contributed by atoms with E-state index in [2.05, 4.69) is 5.32 Å². The van der Waals surface area contributed by atoms with Crippen LogP contribution in [0.2, 0.25) is 0 Å². The van der Waals surface area contributed by atoms with E-state index < -0.39 is 23.4 Å². The Kier molecular flexibility index (Phi) is 5.36. The number of ketones is 3. The smallest absolute Gasteiger partial charge is 0.310 e. The third kappa shape index (κ3) is 3.69. The molecule has 2 aliphatic heterocycles. The molecule has 188 valence electrons. The molecule has 37 heavy (non-hydrogen) atoms. The minimum atomic E-state index is -0.730. The van der Waals surface area contributed by atoms with Crippen LogP contribution in [-0.4, -0.2) is 43.8 Å². The Bertz CT molecular complexity index is 1420. The number of anilines is 1. The van der Waals surface area contributed by atoms with Crippen molar-refractivity contribution in [2.75, 3.05) is 25.8 Å². The number of fused-ring (bicyclic) bond motifs is 3. The highest BCUT2D eigenvalue weighted by atomic mass is 16.7. The second-order valence-corrected chi connectivity index (χ2v) is 9.44. The van der Waals surface area contributed by atoms with Gasteiger partial charge in [0.05, 0.1) is 25.7 Å². The van der Waals surface area contributed by atoms with Gasteiger partial charge in [0.25, 0.3) is 5.78 Å². The first kappa shape index (κ1) is 23.0. The minimum absolute atomic E-state index is 0.0303. The molecule has 0 aromatic heterocycles. The van der Waals surface area contributed by atoms with Crippen molar-refractivity contribution in [1.82, 2.24) is 0 Å². The fraction of sp³-hybridized carbons (Fsp3) is 0.286. The molecule has 2 heterocycles. The number of hydrogen-bond donors (Lipinski definition) is 1. The molecule has 9 nitrogen and oxygen atoms in total. The standard InChI is InChI=1S/C28H23NO8/c1-13(30)14-3-5-16(6-4-14)29-26-18-10-22-21(36-12-37-22)9-17(18)24(25-19(26)11-35-28(25)33)15-7-20(31)27(32)23(8-15)34-2/h3-10,19,24-26,29H,11-12H2,1-2H3/t19-,24+,25-,26+/m0/s1. The molecule has 4 atom stereocenters. The Labute approximate surface area is 212 Å². The highest BCUT2D eigenvalue weighted by Gasteiger charge is 2.53. The normalized spacial score (nSPS) is 25.5. The second-order valence-electron chi connectivity index (χ2n) is 9.44. The minimum Gasteiger partial charge on any atom is -0.492 e. The van der Waals surface area contributed by atoms with Crippen LogP contribution in [0.4, 0.5) is 5.69 Å². The van der Waals surface area contributed by atoms with E-state index in [1.165, 1.54) is 26.2 Å². The van der Waals surface area contributed by atoms with Gasteiger partial charge in [-0.3, -0.25) is 19.2 Å². The highest BCUT2D eigenvalue weighted by Crippen LogP contribution is 2.55. The first-order valence-corrected chi connectivity index (χ1v) is 11.9. The van der Waals surface area contributed by atoms with Gasteiger partial charge in [0.2, 0.25) is 12.6 Å². The van der Waals surface area contributed by atoms with Crippen LogP contribution in [-0.2, 0) is 23.9 Å². The molecular formula is C28H23NO8. The predicted molar refractivity (Wildman–Crippen MR) is 129 cm³/mol. The number of ether oxygens (including phenoxy) is 4. The molecule has 2 aliphatic carbocycles. The molecule has 9 heteroatoms. The maximum atomic E-state index is 13.1. The Balaban J connectivity index is 1.49. The Morgan fingerprint density at radius 2 is 1.68 bits per heavy atom. The van der Waals surface area contributed by atoms with Gasteiger partial charge >= 0.3 is 5.97 Å². The van der Waals surface area contributed by atoms with Gasteiger partial charge in [-0.15, -0.1) is 0 Å². The van der Waals surface area contributed by atoms with Crippen molar-refractivity contribution in [2.45, 2.75) is 18.9 Å². The third-order valence-electron chi connectivity index (χ3n) is 7.42. The molecule has 0 bridgehead atoms. The largest absolute Gasteiger partial charge is 0.492 e. The molecule has 2 aromatic carbocycles. The van der Waals surface area contributed by atoms with Gasteiger partial charge < -0.3 is 24.3 Å². The lowest BCUT2D eigenvalue weighted by Crippen LogP contribution is -2.38. The molecule has 2 aromatic rings. The monoisotopic (exact) mass is 501 g/mol. The summed E-state index contributed by atoms with van der Waals surface area (Å²) in [6.45, 7) is 1.76. The zero-order valence-electron chi connectivity index (χ0n) is 20.1. The van der Waals surface area contributed by atoms with Gasteiger partial charge in [-0.25, -0.2) is 0 Å². The summed E-state index contributed by atoms with van der Waals surface area (Å²) in [4.78, 5) is 49.6. The van der Waals surface area contributed by atoms with Gasteiger partial charge in [-0.2, -0.15) is 0 Å². The van der Waals surface area contributed by atoms with E-state index in [1.54, 1.807) is 12.1 Å². The van der Waals surface area contributed by atoms with Crippen LogP contribution >= 0.6 is 0 Å². The van der Waals surface area contributed by atoms with Gasteiger partial charge in [-0.05, 0) is 72.2 Å². The van der Waals surface area contributed by atoms with Crippen molar-refractivity contribution in [3.8, 4) is 11.5 Å². The van der Waals surface area contributed by atoms with Crippen molar-refractivity contribution >= 4 is 29.0 Å². The number of esters is 1. The third-order valence-corrected chi connectivity index (χ3v) is 7.42. The van der Waals surface area contributed by atoms with Crippen LogP contribution in [0.5, 0.6) is 11.5 Å². The number of hydrogen-bond acceptors (Lipinski definition) is 9. The summed E-state index contributed by atoms with van der Waals surface area (Å²) in [6, 6.07) is 10.5. The number of methoxy groups -OCH3 is 1. The number of rotatable bonds is 5. The number of allylic oxidation sites excluding steroid dienone is 4. The number of nitrogens with one attached hydrogen (secondary N) is 1. The fourth-order valence-electron chi connectivity index (χ4n) is 5.66. The van der Waals surface area contributed by atoms with Crippen molar-refractivity contribution in [3.05, 3.63) is 76.6 Å². The molecule has 1 saturated heterocycles. The van der Waals surface area contributed by atoms with Crippen LogP contribution in [0.25, 0.3) is 0 Å². The molecular weight excluding hydrogens is 478 g/mol. The Morgan fingerprint density at radius 3 is 2.35 bits per heavy atom. The van der Waals surface area contributed by atoms with E-state index in [-0.39, 0.29) is 42.9 Å². The Morgan fingerprint density at radius 1 is 0.973 bits per heavy atom. The van der Waals surface area contributed by atoms with E-state index in [1.807, 2.05) is 24.3 Å². The zero-order chi connectivity index (χ0) is 25.8. The first-order chi connectivity index (χ1) is 17.9. The molecule has 0 saturated carbocycles. The zero-order valence-corrected chi connectivity index (χ0v) is 20.1. The van der Waals surface area contributed by atoms with Crippen LogP contribution in [0.1, 0.15) is 40.4 Å². The summed E-state index contributed by atoms with van der Waals surface area (Å²) in [5, 5.41) is 3.53. The predicted octanol–water partition coefficient (Wildman–Crippen LogP) is 3.27. The van der Waals surface area contributed by atoms with Crippen LogP contribution in [0.15, 0.2) is 59.9 Å². The van der Waals surface area contributed by atoms with Gasteiger partial charge in [-0.1, -0.05) is 0 Å². The lowest BCUT2D eigenvalue weighted by atomic mass is 9.64. The van der Waals surface area contributed by atoms with E-state index in [0.717, 1.165) is 16.8 Å². The van der Waals surface area contributed by atoms with Crippen LogP contribution in [0, 0.1) is 11.8 Å². The Hall–Kier alpha value is -4.40. The van der Waals surface area contributed by atoms with Gasteiger partial charge in [0, 0.05) is 23.1 Å². The molecule has 6 rings (SSSR count).